The van der Waals surface area contributed by atoms with Crippen LogP contribution < -0.4 is 10.1 Å². The van der Waals surface area contributed by atoms with E-state index in [-0.39, 0.29) is 18.6 Å². The molecule has 7 nitrogen and oxygen atoms in total. The number of nitrogens with zero attached hydrogens (tertiary/aromatic N) is 2. The number of carbonyl (C=O) groups excluding carboxylic acids is 2. The van der Waals surface area contributed by atoms with Crippen LogP contribution >= 0.6 is 0 Å². The van der Waals surface area contributed by atoms with Gasteiger partial charge in [0.1, 0.15) is 11.4 Å². The van der Waals surface area contributed by atoms with E-state index >= 15 is 0 Å². The maximum Gasteiger partial charge on any atom is 0.407 e. The molecule has 1 N–H and O–H groups in total. The molecule has 1 spiro atoms. The fourth-order valence-electron chi connectivity index (χ4n) is 3.41. The Kier molecular flexibility index (Phi) is 5.11. The highest BCUT2D eigenvalue weighted by Crippen LogP contribution is 2.29. The zero-order valence-corrected chi connectivity index (χ0v) is 14.8. The van der Waals surface area contributed by atoms with Crippen molar-refractivity contribution in [1.29, 1.82) is 0 Å². The largest absolute Gasteiger partial charge is 0.482 e. The smallest absolute Gasteiger partial charge is 0.407 e. The molecule has 136 valence electrons. The molecule has 0 unspecified atom stereocenters. The first-order chi connectivity index (χ1) is 12.0. The van der Waals surface area contributed by atoms with Crippen LogP contribution in [0.25, 0.3) is 0 Å². The third kappa shape index (κ3) is 4.03. The Morgan fingerprint density at radius 2 is 2.24 bits per heavy atom. The second-order valence-electron chi connectivity index (χ2n) is 6.70. The van der Waals surface area contributed by atoms with Gasteiger partial charge in [-0.3, -0.25) is 9.78 Å². The molecule has 3 rings (SSSR count). The van der Waals surface area contributed by atoms with Gasteiger partial charge in [-0.15, -0.1) is 0 Å². The van der Waals surface area contributed by atoms with Gasteiger partial charge < -0.3 is 19.7 Å². The zero-order valence-electron chi connectivity index (χ0n) is 14.8. The Bertz CT molecular complexity index is 664. The third-order valence-corrected chi connectivity index (χ3v) is 4.87. The van der Waals surface area contributed by atoms with Gasteiger partial charge in [0, 0.05) is 25.2 Å². The van der Waals surface area contributed by atoms with Gasteiger partial charge in [-0.2, -0.15) is 0 Å². The Balaban J connectivity index is 1.56. The summed E-state index contributed by atoms with van der Waals surface area (Å²) in [5.41, 5.74) is 1.35. The normalized spacial score (nSPS) is 23.1. The number of ether oxygens (including phenoxy) is 2. The summed E-state index contributed by atoms with van der Waals surface area (Å²) < 4.78 is 11.2. The quantitative estimate of drug-likeness (QED) is 0.899. The lowest BCUT2D eigenvalue weighted by Crippen LogP contribution is -2.38. The molecule has 0 aliphatic carbocycles. The van der Waals surface area contributed by atoms with Gasteiger partial charge in [0.15, 0.2) is 6.61 Å². The molecule has 2 fully saturated rings. The van der Waals surface area contributed by atoms with Crippen LogP contribution in [0.2, 0.25) is 0 Å². The van der Waals surface area contributed by atoms with Crippen molar-refractivity contribution in [3.63, 3.8) is 0 Å². The predicted molar refractivity (Wildman–Crippen MR) is 91.5 cm³/mol. The van der Waals surface area contributed by atoms with E-state index in [2.05, 4.69) is 10.3 Å². The molecule has 25 heavy (non-hydrogen) atoms. The highest BCUT2D eigenvalue weighted by molar-refractivity contribution is 5.78. The molecular weight excluding hydrogens is 322 g/mol. The van der Waals surface area contributed by atoms with E-state index in [4.69, 9.17) is 9.47 Å². The second-order valence-corrected chi connectivity index (χ2v) is 6.70. The first-order valence-electron chi connectivity index (χ1n) is 8.85. The van der Waals surface area contributed by atoms with E-state index in [0.29, 0.717) is 31.8 Å². The maximum absolute atomic E-state index is 12.5. The summed E-state index contributed by atoms with van der Waals surface area (Å²) in [6.45, 7) is 5.72. The van der Waals surface area contributed by atoms with Crippen molar-refractivity contribution in [3.05, 3.63) is 23.5 Å². The van der Waals surface area contributed by atoms with E-state index in [1.54, 1.807) is 4.90 Å². The Morgan fingerprint density at radius 3 is 2.96 bits per heavy atom. The number of aromatic nitrogens is 1. The lowest BCUT2D eigenvalue weighted by atomic mass is 9.95. The molecule has 7 heteroatoms. The molecule has 1 atom stereocenters. The Labute approximate surface area is 147 Å². The summed E-state index contributed by atoms with van der Waals surface area (Å²) in [6, 6.07) is 3.76. The Morgan fingerprint density at radius 1 is 1.40 bits per heavy atom. The van der Waals surface area contributed by atoms with Gasteiger partial charge in [-0.25, -0.2) is 4.79 Å². The van der Waals surface area contributed by atoms with Crippen LogP contribution in [0.3, 0.4) is 0 Å². The monoisotopic (exact) mass is 347 g/mol. The molecule has 0 aromatic carbocycles. The number of rotatable bonds is 4. The summed E-state index contributed by atoms with van der Waals surface area (Å²) in [4.78, 5) is 30.1. The maximum atomic E-state index is 12.5. The minimum absolute atomic E-state index is 0.00276. The molecule has 0 saturated carbocycles. The number of pyridine rings is 1. The number of aryl methyl sites for hydroxylation is 2. The fourth-order valence-corrected chi connectivity index (χ4v) is 3.41. The first kappa shape index (κ1) is 17.5. The number of alkyl carbamates (subject to hydrolysis) is 1. The minimum Gasteiger partial charge on any atom is -0.482 e. The molecule has 2 amide bonds. The fraction of sp³-hybridized carbons (Fsp3) is 0.611. The number of hydrogen-bond acceptors (Lipinski definition) is 5. The topological polar surface area (TPSA) is 80.8 Å². The zero-order chi connectivity index (χ0) is 17.9. The number of hydrogen-bond donors (Lipinski definition) is 1. The summed E-state index contributed by atoms with van der Waals surface area (Å²) >= 11 is 0. The third-order valence-electron chi connectivity index (χ3n) is 4.87. The average molecular weight is 347 g/mol. The molecule has 0 radical (unpaired) electrons. The molecule has 3 heterocycles. The standard InChI is InChI=1S/C18H25N3O4/c1-3-14-15(6-5-13(2)20-14)24-11-16(22)21-9-4-7-18(8-10-21)12-19-17(23)25-18/h5-6H,3-4,7-12H2,1-2H3,(H,19,23)/t18-/m0/s1. The van der Waals surface area contributed by atoms with E-state index in [1.807, 2.05) is 26.0 Å². The van der Waals surface area contributed by atoms with Crippen LogP contribution in [0.15, 0.2) is 12.1 Å². The van der Waals surface area contributed by atoms with Crippen LogP contribution in [-0.4, -0.2) is 53.7 Å². The second kappa shape index (κ2) is 7.29. The van der Waals surface area contributed by atoms with Crippen molar-refractivity contribution in [2.45, 2.75) is 45.1 Å². The van der Waals surface area contributed by atoms with E-state index in [9.17, 15) is 9.59 Å². The van der Waals surface area contributed by atoms with Gasteiger partial charge >= 0.3 is 6.09 Å². The number of likely N-dealkylation sites (tertiary alicyclic amines) is 1. The van der Waals surface area contributed by atoms with E-state index in [1.165, 1.54) is 0 Å². The van der Waals surface area contributed by atoms with Crippen molar-refractivity contribution in [3.8, 4) is 5.75 Å². The summed E-state index contributed by atoms with van der Waals surface area (Å²) in [5, 5.41) is 2.72. The molecular formula is C18H25N3O4. The van der Waals surface area contributed by atoms with E-state index in [0.717, 1.165) is 30.7 Å². The number of nitrogens with one attached hydrogen (secondary N) is 1. The van der Waals surface area contributed by atoms with Crippen LogP contribution in [0, 0.1) is 6.92 Å². The molecule has 1 aromatic heterocycles. The van der Waals surface area contributed by atoms with Crippen molar-refractivity contribution in [1.82, 2.24) is 15.2 Å². The van der Waals surface area contributed by atoms with Gasteiger partial charge in [-0.1, -0.05) is 6.92 Å². The van der Waals surface area contributed by atoms with Crippen LogP contribution in [-0.2, 0) is 16.0 Å². The molecule has 1 aromatic rings. The summed E-state index contributed by atoms with van der Waals surface area (Å²) in [6.07, 6.45) is 2.65. The van der Waals surface area contributed by atoms with Crippen LogP contribution in [0.5, 0.6) is 5.75 Å². The highest BCUT2D eigenvalue weighted by Gasteiger charge is 2.41. The van der Waals surface area contributed by atoms with E-state index < -0.39 is 5.60 Å². The van der Waals surface area contributed by atoms with Gasteiger partial charge in [0.25, 0.3) is 5.91 Å². The van der Waals surface area contributed by atoms with Gasteiger partial charge in [-0.05, 0) is 38.3 Å². The average Bonchev–Trinajstić information content (AvgIpc) is 2.84. The number of carbonyl (C=O) groups is 2. The van der Waals surface area contributed by atoms with Crippen LogP contribution in [0.4, 0.5) is 4.79 Å². The number of amides is 2. The SMILES string of the molecule is CCc1nc(C)ccc1OCC(=O)N1CCC[C@]2(CC1)CNC(=O)O2. The van der Waals surface area contributed by atoms with Crippen molar-refractivity contribution < 1.29 is 19.1 Å². The summed E-state index contributed by atoms with van der Waals surface area (Å²) in [7, 11) is 0. The van der Waals surface area contributed by atoms with Crippen LogP contribution in [0.1, 0.15) is 37.6 Å². The van der Waals surface area contributed by atoms with Crippen molar-refractivity contribution in [2.75, 3.05) is 26.2 Å². The molecule has 2 saturated heterocycles. The van der Waals surface area contributed by atoms with Crippen molar-refractivity contribution in [2.24, 2.45) is 0 Å². The minimum atomic E-state index is -0.455. The van der Waals surface area contributed by atoms with Gasteiger partial charge in [0.05, 0.1) is 12.2 Å². The molecule has 2 aliphatic rings. The molecule has 2 aliphatic heterocycles. The van der Waals surface area contributed by atoms with Gasteiger partial charge in [0.2, 0.25) is 0 Å². The molecule has 0 bridgehead atoms. The first-order valence-corrected chi connectivity index (χ1v) is 8.85. The van der Waals surface area contributed by atoms with Crippen molar-refractivity contribution >= 4 is 12.0 Å². The lowest BCUT2D eigenvalue weighted by Gasteiger charge is -2.25. The Hall–Kier alpha value is -2.31. The highest BCUT2D eigenvalue weighted by atomic mass is 16.6. The lowest BCUT2D eigenvalue weighted by molar-refractivity contribution is -0.133. The predicted octanol–water partition coefficient (Wildman–Crippen LogP) is 1.82. The summed E-state index contributed by atoms with van der Waals surface area (Å²) in [5.74, 6) is 0.624.